The maximum absolute atomic E-state index is 13.8. The summed E-state index contributed by atoms with van der Waals surface area (Å²) in [7, 11) is 0. The van der Waals surface area contributed by atoms with Crippen molar-refractivity contribution in [2.75, 3.05) is 0 Å². The van der Waals surface area contributed by atoms with Crippen LogP contribution in [-0.4, -0.2) is 4.98 Å². The summed E-state index contributed by atoms with van der Waals surface area (Å²) in [6.45, 7) is 3.82. The van der Waals surface area contributed by atoms with Gasteiger partial charge in [-0.25, -0.2) is 4.39 Å². The van der Waals surface area contributed by atoms with Gasteiger partial charge in [-0.1, -0.05) is 6.07 Å². The Kier molecular flexibility index (Phi) is 3.20. The monoisotopic (exact) mass is 230 g/mol. The molecule has 0 saturated carbocycles. The van der Waals surface area contributed by atoms with Crippen LogP contribution in [0.5, 0.6) is 0 Å². The minimum absolute atomic E-state index is 0.105. The molecule has 0 saturated heterocycles. The fraction of sp³-hybridized carbons (Fsp3) is 0.214. The molecule has 1 aromatic carbocycles. The van der Waals surface area contributed by atoms with Crippen LogP contribution in [0.15, 0.2) is 36.7 Å². The lowest BCUT2D eigenvalue weighted by Gasteiger charge is -2.11. The van der Waals surface area contributed by atoms with Gasteiger partial charge in [0.25, 0.3) is 0 Å². The number of aromatic nitrogens is 1. The molecule has 0 spiro atoms. The lowest BCUT2D eigenvalue weighted by atomic mass is 9.98. The van der Waals surface area contributed by atoms with Gasteiger partial charge in [-0.15, -0.1) is 0 Å². The molecule has 0 aliphatic carbocycles. The van der Waals surface area contributed by atoms with E-state index in [1.807, 2.05) is 19.9 Å². The van der Waals surface area contributed by atoms with Crippen LogP contribution in [-0.2, 0) is 0 Å². The van der Waals surface area contributed by atoms with E-state index < -0.39 is 0 Å². The van der Waals surface area contributed by atoms with E-state index in [2.05, 4.69) is 4.98 Å². The predicted molar refractivity (Wildman–Crippen MR) is 67.0 cm³/mol. The van der Waals surface area contributed by atoms with Crippen molar-refractivity contribution in [2.24, 2.45) is 5.73 Å². The lowest BCUT2D eigenvalue weighted by molar-refractivity contribution is 0.629. The highest BCUT2D eigenvalue weighted by Gasteiger charge is 2.10. The Balaban J connectivity index is 2.59. The van der Waals surface area contributed by atoms with Crippen molar-refractivity contribution in [1.82, 2.24) is 4.98 Å². The van der Waals surface area contributed by atoms with Gasteiger partial charge in [0.2, 0.25) is 0 Å². The van der Waals surface area contributed by atoms with Crippen molar-refractivity contribution in [3.8, 4) is 11.1 Å². The normalized spacial score (nSPS) is 12.5. The molecule has 0 fully saturated rings. The van der Waals surface area contributed by atoms with E-state index in [1.165, 1.54) is 6.07 Å². The maximum Gasteiger partial charge on any atom is 0.131 e. The highest BCUT2D eigenvalue weighted by Crippen LogP contribution is 2.27. The summed E-state index contributed by atoms with van der Waals surface area (Å²) in [5.41, 5.74) is 9.11. The van der Waals surface area contributed by atoms with Crippen molar-refractivity contribution in [3.63, 3.8) is 0 Å². The Morgan fingerprint density at radius 1 is 1.24 bits per heavy atom. The standard InChI is InChI=1S/C14H15FN2/c1-9-5-6-17-8-13(9)12-7-11(10(2)16)3-4-14(12)15/h3-8,10H,16H2,1-2H3. The van der Waals surface area contributed by atoms with E-state index >= 15 is 0 Å². The van der Waals surface area contributed by atoms with Crippen LogP contribution in [0.25, 0.3) is 11.1 Å². The Bertz CT molecular complexity index is 535. The first kappa shape index (κ1) is 11.7. The highest BCUT2D eigenvalue weighted by molar-refractivity contribution is 5.67. The molecule has 2 rings (SSSR count). The van der Waals surface area contributed by atoms with Gasteiger partial charge in [0.05, 0.1) is 0 Å². The zero-order chi connectivity index (χ0) is 12.4. The topological polar surface area (TPSA) is 38.9 Å². The van der Waals surface area contributed by atoms with Gasteiger partial charge >= 0.3 is 0 Å². The fourth-order valence-corrected chi connectivity index (χ4v) is 1.78. The number of hydrogen-bond acceptors (Lipinski definition) is 2. The molecule has 2 nitrogen and oxygen atoms in total. The molecule has 0 radical (unpaired) electrons. The molecule has 2 aromatic rings. The maximum atomic E-state index is 13.8. The fourth-order valence-electron chi connectivity index (χ4n) is 1.78. The molecule has 1 aromatic heterocycles. The average molecular weight is 230 g/mol. The summed E-state index contributed by atoms with van der Waals surface area (Å²) < 4.78 is 13.8. The molecule has 3 heteroatoms. The van der Waals surface area contributed by atoms with Crippen molar-refractivity contribution < 1.29 is 4.39 Å². The van der Waals surface area contributed by atoms with Gasteiger partial charge < -0.3 is 5.73 Å². The number of pyridine rings is 1. The summed E-state index contributed by atoms with van der Waals surface area (Å²) in [6.07, 6.45) is 3.38. The molecule has 0 aliphatic heterocycles. The first-order chi connectivity index (χ1) is 8.09. The van der Waals surface area contributed by atoms with Gasteiger partial charge in [0, 0.05) is 29.6 Å². The van der Waals surface area contributed by atoms with Gasteiger partial charge in [-0.05, 0) is 43.2 Å². The smallest absolute Gasteiger partial charge is 0.131 e. The molecule has 2 N–H and O–H groups in total. The number of nitrogens with zero attached hydrogens (tertiary/aromatic N) is 1. The third-order valence-electron chi connectivity index (χ3n) is 2.85. The molecule has 0 bridgehead atoms. The SMILES string of the molecule is Cc1ccncc1-c1cc(C(C)N)ccc1F. The van der Waals surface area contributed by atoms with Crippen LogP contribution in [0.4, 0.5) is 4.39 Å². The highest BCUT2D eigenvalue weighted by atomic mass is 19.1. The minimum atomic E-state index is -0.245. The Hall–Kier alpha value is -1.74. The first-order valence-corrected chi connectivity index (χ1v) is 5.55. The quantitative estimate of drug-likeness (QED) is 0.860. The third kappa shape index (κ3) is 2.34. The van der Waals surface area contributed by atoms with Gasteiger partial charge in [-0.3, -0.25) is 4.98 Å². The van der Waals surface area contributed by atoms with E-state index in [0.29, 0.717) is 5.56 Å². The second-order valence-electron chi connectivity index (χ2n) is 4.22. The molecule has 0 aliphatic rings. The molecule has 0 amide bonds. The molecule has 88 valence electrons. The molecular weight excluding hydrogens is 215 g/mol. The van der Waals surface area contributed by atoms with Crippen molar-refractivity contribution in [1.29, 1.82) is 0 Å². The number of hydrogen-bond donors (Lipinski definition) is 1. The first-order valence-electron chi connectivity index (χ1n) is 5.55. The second kappa shape index (κ2) is 4.63. The molecule has 1 unspecified atom stereocenters. The largest absolute Gasteiger partial charge is 0.324 e. The van der Waals surface area contributed by atoms with E-state index in [9.17, 15) is 4.39 Å². The summed E-state index contributed by atoms with van der Waals surface area (Å²) in [5, 5.41) is 0. The Morgan fingerprint density at radius 3 is 2.65 bits per heavy atom. The molecule has 17 heavy (non-hydrogen) atoms. The lowest BCUT2D eigenvalue weighted by Crippen LogP contribution is -2.05. The van der Waals surface area contributed by atoms with E-state index in [-0.39, 0.29) is 11.9 Å². The molecular formula is C14H15FN2. The van der Waals surface area contributed by atoms with Crippen molar-refractivity contribution in [2.45, 2.75) is 19.9 Å². The average Bonchev–Trinajstić information content (AvgIpc) is 2.30. The van der Waals surface area contributed by atoms with E-state index in [4.69, 9.17) is 5.73 Å². The van der Waals surface area contributed by atoms with Gasteiger partial charge in [-0.2, -0.15) is 0 Å². The number of nitrogens with two attached hydrogens (primary N) is 1. The van der Waals surface area contributed by atoms with Crippen molar-refractivity contribution >= 4 is 0 Å². The number of aryl methyl sites for hydroxylation is 1. The van der Waals surface area contributed by atoms with Gasteiger partial charge in [0.1, 0.15) is 5.82 Å². The van der Waals surface area contributed by atoms with Crippen molar-refractivity contribution in [3.05, 3.63) is 53.6 Å². The summed E-state index contributed by atoms with van der Waals surface area (Å²) in [5.74, 6) is -0.245. The third-order valence-corrected chi connectivity index (χ3v) is 2.85. The zero-order valence-electron chi connectivity index (χ0n) is 9.94. The Labute approximate surface area is 100 Å². The predicted octanol–water partition coefficient (Wildman–Crippen LogP) is 3.22. The summed E-state index contributed by atoms with van der Waals surface area (Å²) >= 11 is 0. The van der Waals surface area contributed by atoms with Gasteiger partial charge in [0.15, 0.2) is 0 Å². The van der Waals surface area contributed by atoms with E-state index in [0.717, 1.165) is 16.7 Å². The van der Waals surface area contributed by atoms with Crippen LogP contribution < -0.4 is 5.73 Å². The van der Waals surface area contributed by atoms with Crippen LogP contribution in [0.2, 0.25) is 0 Å². The van der Waals surface area contributed by atoms with E-state index in [1.54, 1.807) is 24.5 Å². The summed E-state index contributed by atoms with van der Waals surface area (Å²) in [4.78, 5) is 4.04. The summed E-state index contributed by atoms with van der Waals surface area (Å²) in [6, 6.07) is 6.74. The van der Waals surface area contributed by atoms with Crippen LogP contribution in [0.1, 0.15) is 24.1 Å². The number of rotatable bonds is 2. The van der Waals surface area contributed by atoms with Crippen LogP contribution >= 0.6 is 0 Å². The zero-order valence-corrected chi connectivity index (χ0v) is 9.94. The Morgan fingerprint density at radius 2 is 2.00 bits per heavy atom. The van der Waals surface area contributed by atoms with Crippen LogP contribution in [0.3, 0.4) is 0 Å². The number of benzene rings is 1. The van der Waals surface area contributed by atoms with Crippen LogP contribution in [0, 0.1) is 12.7 Å². The molecule has 1 heterocycles. The minimum Gasteiger partial charge on any atom is -0.324 e. The number of halogens is 1. The second-order valence-corrected chi connectivity index (χ2v) is 4.22. The molecule has 1 atom stereocenters.